The number of hydrogen-bond acceptors (Lipinski definition) is 6. The Hall–Kier alpha value is -4.07. The van der Waals surface area contributed by atoms with Crippen molar-refractivity contribution in [2.45, 2.75) is 51.4 Å². The molecule has 0 unspecified atom stereocenters. The van der Waals surface area contributed by atoms with Crippen molar-refractivity contribution in [1.82, 2.24) is 4.98 Å². The Morgan fingerprint density at radius 1 is 1.03 bits per heavy atom. The summed E-state index contributed by atoms with van der Waals surface area (Å²) in [5.74, 6) is -2.60. The molecule has 204 valence electrons. The maximum atomic E-state index is 13.1. The number of rotatable bonds is 10. The summed E-state index contributed by atoms with van der Waals surface area (Å²) in [5.41, 5.74) is 4.84. The van der Waals surface area contributed by atoms with Crippen molar-refractivity contribution in [2.75, 3.05) is 13.9 Å². The second kappa shape index (κ2) is 11.0. The van der Waals surface area contributed by atoms with Crippen LogP contribution < -0.4 is 14.2 Å². The number of benzene rings is 2. The van der Waals surface area contributed by atoms with E-state index in [1.54, 1.807) is 20.1 Å². The molecule has 1 aliphatic heterocycles. The topological polar surface area (TPSA) is 115 Å². The molecule has 0 amide bonds. The van der Waals surface area contributed by atoms with Crippen molar-refractivity contribution in [3.63, 3.8) is 0 Å². The molecule has 2 heterocycles. The van der Waals surface area contributed by atoms with Crippen molar-refractivity contribution >= 4 is 11.9 Å². The molecular formula is C31H33NO7. The van der Waals surface area contributed by atoms with Crippen LogP contribution in [0.3, 0.4) is 0 Å². The quantitative estimate of drug-likeness (QED) is 0.357. The molecule has 8 heteroatoms. The molecule has 0 fully saturated rings. The lowest BCUT2D eigenvalue weighted by atomic mass is 9.78. The molecule has 2 aliphatic rings. The van der Waals surface area contributed by atoms with E-state index in [1.807, 2.05) is 42.5 Å². The molecule has 2 aromatic carbocycles. The lowest BCUT2D eigenvalue weighted by Gasteiger charge is -2.25. The van der Waals surface area contributed by atoms with E-state index in [9.17, 15) is 19.8 Å². The number of carboxylic acid groups (broad SMARTS) is 2. The highest BCUT2D eigenvalue weighted by Gasteiger charge is 2.48. The zero-order valence-corrected chi connectivity index (χ0v) is 22.3. The summed E-state index contributed by atoms with van der Waals surface area (Å²) in [5, 5.41) is 20.4. The molecule has 0 saturated carbocycles. The smallest absolute Gasteiger partial charge is 0.308 e. The van der Waals surface area contributed by atoms with Crippen LogP contribution in [-0.4, -0.2) is 41.0 Å². The van der Waals surface area contributed by atoms with E-state index in [0.29, 0.717) is 17.2 Å². The van der Waals surface area contributed by atoms with Crippen molar-refractivity contribution in [3.05, 3.63) is 82.2 Å². The zero-order chi connectivity index (χ0) is 27.7. The highest BCUT2D eigenvalue weighted by molar-refractivity contribution is 5.78. The first-order chi connectivity index (χ1) is 18.8. The average molecular weight is 532 g/mol. The molecule has 4 atom stereocenters. The minimum absolute atomic E-state index is 0.129. The number of methoxy groups -OCH3 is 1. The van der Waals surface area contributed by atoms with Gasteiger partial charge in [0.25, 0.3) is 0 Å². The molecule has 8 nitrogen and oxygen atoms in total. The fourth-order valence-corrected chi connectivity index (χ4v) is 5.82. The molecule has 1 aliphatic carbocycles. The minimum Gasteiger partial charge on any atom is -0.497 e. The van der Waals surface area contributed by atoms with Crippen molar-refractivity contribution in [3.8, 4) is 17.2 Å². The van der Waals surface area contributed by atoms with Gasteiger partial charge in [-0.15, -0.1) is 0 Å². The van der Waals surface area contributed by atoms with E-state index in [1.165, 1.54) is 0 Å². The molecule has 0 radical (unpaired) electrons. The summed E-state index contributed by atoms with van der Waals surface area (Å²) in [6.45, 7) is 3.91. The van der Waals surface area contributed by atoms with Crippen LogP contribution in [-0.2, 0) is 22.4 Å². The van der Waals surface area contributed by atoms with Gasteiger partial charge in [-0.05, 0) is 71.8 Å². The SMILES string of the molecule is CCCCc1ccc2c(n1)[C@@H](c1ccc(OC)cc1C[C@H](C)C(=O)O)[C@@H](C(=O)O)[C@H]2c1ccc2c(c1)OCO2. The van der Waals surface area contributed by atoms with E-state index in [2.05, 4.69) is 6.92 Å². The van der Waals surface area contributed by atoms with Crippen molar-refractivity contribution in [1.29, 1.82) is 0 Å². The number of aryl methyl sites for hydroxylation is 1. The van der Waals surface area contributed by atoms with E-state index in [0.717, 1.165) is 52.9 Å². The third kappa shape index (κ3) is 5.03. The van der Waals surface area contributed by atoms with Crippen LogP contribution in [0.5, 0.6) is 17.2 Å². The number of aliphatic carboxylic acids is 2. The van der Waals surface area contributed by atoms with Crippen LogP contribution in [0.25, 0.3) is 0 Å². The number of hydrogen-bond donors (Lipinski definition) is 2. The predicted molar refractivity (Wildman–Crippen MR) is 144 cm³/mol. The van der Waals surface area contributed by atoms with Gasteiger partial charge in [0, 0.05) is 17.5 Å². The standard InChI is InChI=1S/C31H33NO7/c1-4-5-6-20-8-10-23-26(18-7-12-24-25(15-18)39-16-38-24)28(31(35)36)27(29(23)32-20)22-11-9-21(37-3)14-19(22)13-17(2)30(33)34/h7-12,14-15,17,26-28H,4-6,13,16H2,1-3H3,(H,33,34)(H,35,36)/t17-,26-,27-,28-/m0/s1. The first-order valence-corrected chi connectivity index (χ1v) is 13.3. The van der Waals surface area contributed by atoms with Gasteiger partial charge in [-0.25, -0.2) is 0 Å². The first kappa shape index (κ1) is 26.5. The summed E-state index contributed by atoms with van der Waals surface area (Å²) in [4.78, 5) is 29.9. The minimum atomic E-state index is -0.941. The normalized spacial score (nSPS) is 19.9. The Bertz CT molecular complexity index is 1400. The molecule has 0 spiro atoms. The zero-order valence-electron chi connectivity index (χ0n) is 22.3. The summed E-state index contributed by atoms with van der Waals surface area (Å²) in [7, 11) is 1.56. The molecule has 5 rings (SSSR count). The predicted octanol–water partition coefficient (Wildman–Crippen LogP) is 5.40. The molecular weight excluding hydrogens is 498 g/mol. The number of nitrogens with zero attached hydrogens (tertiary/aromatic N) is 1. The summed E-state index contributed by atoms with van der Waals surface area (Å²) < 4.78 is 16.5. The van der Waals surface area contributed by atoms with E-state index in [-0.39, 0.29) is 13.2 Å². The Labute approximate surface area is 227 Å². The second-order valence-corrected chi connectivity index (χ2v) is 10.3. The molecule has 39 heavy (non-hydrogen) atoms. The van der Waals surface area contributed by atoms with Crippen LogP contribution in [0.4, 0.5) is 0 Å². The van der Waals surface area contributed by atoms with Gasteiger partial charge < -0.3 is 24.4 Å². The van der Waals surface area contributed by atoms with E-state index in [4.69, 9.17) is 19.2 Å². The van der Waals surface area contributed by atoms with Crippen LogP contribution in [0.2, 0.25) is 0 Å². The summed E-state index contributed by atoms with van der Waals surface area (Å²) >= 11 is 0. The summed E-state index contributed by atoms with van der Waals surface area (Å²) in [6, 6.07) is 15.1. The van der Waals surface area contributed by atoms with Gasteiger partial charge in [0.1, 0.15) is 5.75 Å². The third-order valence-electron chi connectivity index (χ3n) is 7.82. The fraction of sp³-hybridized carbons (Fsp3) is 0.387. The van der Waals surface area contributed by atoms with E-state index < -0.39 is 35.6 Å². The van der Waals surface area contributed by atoms with Crippen LogP contribution in [0.15, 0.2) is 48.5 Å². The number of aromatic nitrogens is 1. The lowest BCUT2D eigenvalue weighted by molar-refractivity contribution is -0.143. The van der Waals surface area contributed by atoms with Crippen molar-refractivity contribution < 1.29 is 34.0 Å². The molecule has 2 N–H and O–H groups in total. The summed E-state index contributed by atoms with van der Waals surface area (Å²) in [6.07, 6.45) is 3.04. The van der Waals surface area contributed by atoms with Crippen LogP contribution >= 0.6 is 0 Å². The van der Waals surface area contributed by atoms with Gasteiger partial charge in [0.15, 0.2) is 11.5 Å². The van der Waals surface area contributed by atoms with E-state index >= 15 is 0 Å². The highest BCUT2D eigenvalue weighted by atomic mass is 16.7. The van der Waals surface area contributed by atoms with Crippen LogP contribution in [0.1, 0.15) is 72.2 Å². The molecule has 0 saturated heterocycles. The molecule has 1 aromatic heterocycles. The third-order valence-corrected chi connectivity index (χ3v) is 7.82. The average Bonchev–Trinajstić information content (AvgIpc) is 3.53. The molecule has 0 bridgehead atoms. The largest absolute Gasteiger partial charge is 0.497 e. The Kier molecular flexibility index (Phi) is 7.46. The first-order valence-electron chi connectivity index (χ1n) is 13.3. The maximum Gasteiger partial charge on any atom is 0.308 e. The number of fused-ring (bicyclic) bond motifs is 2. The van der Waals surface area contributed by atoms with Crippen molar-refractivity contribution in [2.24, 2.45) is 11.8 Å². The maximum absolute atomic E-state index is 13.1. The van der Waals surface area contributed by atoms with Gasteiger partial charge in [0.2, 0.25) is 6.79 Å². The van der Waals surface area contributed by atoms with Gasteiger partial charge >= 0.3 is 11.9 Å². The number of unbranched alkanes of at least 4 members (excludes halogenated alkanes) is 1. The number of carboxylic acids is 2. The number of ether oxygens (including phenoxy) is 3. The Morgan fingerprint density at radius 3 is 2.51 bits per heavy atom. The highest BCUT2D eigenvalue weighted by Crippen LogP contribution is 2.54. The van der Waals surface area contributed by atoms with Gasteiger partial charge in [-0.1, -0.05) is 38.5 Å². The number of carbonyl (C=O) groups is 2. The monoisotopic (exact) mass is 531 g/mol. The fourth-order valence-electron chi connectivity index (χ4n) is 5.82. The Morgan fingerprint density at radius 2 is 1.79 bits per heavy atom. The lowest BCUT2D eigenvalue weighted by Crippen LogP contribution is -2.25. The Balaban J connectivity index is 1.70. The number of pyridine rings is 1. The van der Waals surface area contributed by atoms with Crippen LogP contribution in [0, 0.1) is 11.8 Å². The van der Waals surface area contributed by atoms with Gasteiger partial charge in [-0.3, -0.25) is 14.6 Å². The second-order valence-electron chi connectivity index (χ2n) is 10.3. The van der Waals surface area contributed by atoms with Gasteiger partial charge in [-0.2, -0.15) is 0 Å². The van der Waals surface area contributed by atoms with Gasteiger partial charge in [0.05, 0.1) is 24.6 Å². The molecule has 3 aromatic rings.